The number of aliphatic imine (C=N–C) groups is 1. The van der Waals surface area contributed by atoms with Crippen LogP contribution in [-0.4, -0.2) is 12.3 Å². The Hall–Kier alpha value is -0.850. The van der Waals surface area contributed by atoms with Gasteiger partial charge in [-0.05, 0) is 27.0 Å². The lowest BCUT2D eigenvalue weighted by atomic mass is 9.99. The summed E-state index contributed by atoms with van der Waals surface area (Å²) in [6.07, 6.45) is 5.00. The third kappa shape index (κ3) is 3.76. The molecule has 0 fully saturated rings. The van der Waals surface area contributed by atoms with Gasteiger partial charge in [-0.25, -0.2) is 0 Å². The van der Waals surface area contributed by atoms with Crippen molar-refractivity contribution in [1.29, 1.82) is 0 Å². The summed E-state index contributed by atoms with van der Waals surface area (Å²) < 4.78 is 0. The molecule has 11 heavy (non-hydrogen) atoms. The van der Waals surface area contributed by atoms with Crippen LogP contribution in [0.5, 0.6) is 0 Å². The monoisotopic (exact) mass is 151 g/mol. The van der Waals surface area contributed by atoms with E-state index in [9.17, 15) is 0 Å². The molecule has 0 rings (SSSR count). The fourth-order valence-electron chi connectivity index (χ4n) is 0.604. The summed E-state index contributed by atoms with van der Waals surface area (Å²) in [4.78, 5) is 4.03. The van der Waals surface area contributed by atoms with Crippen molar-refractivity contribution in [2.45, 2.75) is 32.7 Å². The number of hydrogen-bond acceptors (Lipinski definition) is 1. The molecular weight excluding hydrogens is 134 g/mol. The second-order valence-corrected chi connectivity index (χ2v) is 3.05. The largest absolute Gasteiger partial charge is 0.290 e. The zero-order chi connectivity index (χ0) is 8.91. The lowest BCUT2D eigenvalue weighted by molar-refractivity contribution is 0.571. The van der Waals surface area contributed by atoms with Gasteiger partial charge < -0.3 is 0 Å². The van der Waals surface area contributed by atoms with Gasteiger partial charge in [0, 0.05) is 0 Å². The van der Waals surface area contributed by atoms with E-state index in [0.717, 1.165) is 12.0 Å². The Bertz CT molecular complexity index is 179. The zero-order valence-electron chi connectivity index (χ0n) is 7.72. The van der Waals surface area contributed by atoms with E-state index in [2.05, 4.69) is 32.1 Å². The van der Waals surface area contributed by atoms with Gasteiger partial charge in [-0.2, -0.15) is 0 Å². The van der Waals surface area contributed by atoms with E-state index in [1.54, 1.807) is 0 Å². The Morgan fingerprint density at radius 3 is 2.45 bits per heavy atom. The van der Waals surface area contributed by atoms with E-state index in [1.807, 2.05) is 19.1 Å². The van der Waals surface area contributed by atoms with Crippen LogP contribution in [0.15, 0.2) is 29.3 Å². The molecule has 0 aliphatic carbocycles. The molecule has 0 aliphatic rings. The summed E-state index contributed by atoms with van der Waals surface area (Å²) in [7, 11) is 0. The predicted octanol–water partition coefficient (Wildman–Crippen LogP) is 2.99. The summed E-state index contributed by atoms with van der Waals surface area (Å²) in [6.45, 7) is 13.4. The maximum Gasteiger partial charge on any atom is 0.0752 e. The Morgan fingerprint density at radius 1 is 1.64 bits per heavy atom. The molecule has 0 saturated carbocycles. The van der Waals surface area contributed by atoms with Crippen molar-refractivity contribution in [3.8, 4) is 0 Å². The first-order valence-electron chi connectivity index (χ1n) is 3.86. The SMILES string of the molecule is C=NC(C)(/C=C\C(=C)C)CC. The minimum absolute atomic E-state index is 0.112. The first-order valence-corrected chi connectivity index (χ1v) is 3.86. The van der Waals surface area contributed by atoms with Crippen molar-refractivity contribution >= 4 is 6.72 Å². The molecule has 1 unspecified atom stereocenters. The van der Waals surface area contributed by atoms with Crippen LogP contribution in [0.2, 0.25) is 0 Å². The Kier molecular flexibility index (Phi) is 3.80. The molecule has 1 nitrogen and oxygen atoms in total. The maximum absolute atomic E-state index is 4.03. The lowest BCUT2D eigenvalue weighted by Gasteiger charge is -2.17. The van der Waals surface area contributed by atoms with Crippen LogP contribution >= 0.6 is 0 Å². The van der Waals surface area contributed by atoms with E-state index in [0.29, 0.717) is 0 Å². The molecule has 0 aromatic carbocycles. The highest BCUT2D eigenvalue weighted by molar-refractivity contribution is 5.29. The van der Waals surface area contributed by atoms with Crippen LogP contribution in [-0.2, 0) is 0 Å². The fraction of sp³-hybridized carbons (Fsp3) is 0.500. The average Bonchev–Trinajstić information content (AvgIpc) is 2.00. The quantitative estimate of drug-likeness (QED) is 0.432. The van der Waals surface area contributed by atoms with Crippen molar-refractivity contribution in [3.63, 3.8) is 0 Å². The van der Waals surface area contributed by atoms with Crippen molar-refractivity contribution < 1.29 is 0 Å². The highest BCUT2D eigenvalue weighted by Crippen LogP contribution is 2.16. The molecule has 0 radical (unpaired) electrons. The molecule has 0 bridgehead atoms. The van der Waals surface area contributed by atoms with Gasteiger partial charge in [0.05, 0.1) is 5.54 Å². The second kappa shape index (κ2) is 4.12. The highest BCUT2D eigenvalue weighted by Gasteiger charge is 2.13. The van der Waals surface area contributed by atoms with Crippen LogP contribution in [0.4, 0.5) is 0 Å². The molecule has 1 heteroatoms. The maximum atomic E-state index is 4.03. The van der Waals surface area contributed by atoms with E-state index in [4.69, 9.17) is 0 Å². The lowest BCUT2D eigenvalue weighted by Crippen LogP contribution is -2.15. The molecule has 0 N–H and O–H groups in total. The van der Waals surface area contributed by atoms with Crippen molar-refractivity contribution in [3.05, 3.63) is 24.3 Å². The molecule has 0 aromatic rings. The van der Waals surface area contributed by atoms with Gasteiger partial charge in [0.15, 0.2) is 0 Å². The van der Waals surface area contributed by atoms with Crippen LogP contribution in [0.25, 0.3) is 0 Å². The molecule has 0 aliphatic heterocycles. The van der Waals surface area contributed by atoms with Crippen LogP contribution < -0.4 is 0 Å². The van der Waals surface area contributed by atoms with Crippen LogP contribution in [0, 0.1) is 0 Å². The third-order valence-electron chi connectivity index (χ3n) is 1.80. The summed E-state index contributed by atoms with van der Waals surface area (Å²) in [5.74, 6) is 0. The Balaban J connectivity index is 4.29. The number of hydrogen-bond donors (Lipinski definition) is 0. The van der Waals surface area contributed by atoms with Crippen LogP contribution in [0.1, 0.15) is 27.2 Å². The van der Waals surface area contributed by atoms with Crippen LogP contribution in [0.3, 0.4) is 0 Å². The number of rotatable bonds is 4. The van der Waals surface area contributed by atoms with Gasteiger partial charge in [0.1, 0.15) is 0 Å². The van der Waals surface area contributed by atoms with E-state index < -0.39 is 0 Å². The smallest absolute Gasteiger partial charge is 0.0752 e. The van der Waals surface area contributed by atoms with E-state index in [1.165, 1.54) is 0 Å². The van der Waals surface area contributed by atoms with Gasteiger partial charge >= 0.3 is 0 Å². The fourth-order valence-corrected chi connectivity index (χ4v) is 0.604. The van der Waals surface area contributed by atoms with E-state index >= 15 is 0 Å². The number of nitrogens with zero attached hydrogens (tertiary/aromatic N) is 1. The molecule has 0 heterocycles. The van der Waals surface area contributed by atoms with Gasteiger partial charge in [-0.15, -0.1) is 0 Å². The molecule has 0 spiro atoms. The zero-order valence-corrected chi connectivity index (χ0v) is 7.72. The minimum Gasteiger partial charge on any atom is -0.290 e. The highest BCUT2D eigenvalue weighted by atomic mass is 14.8. The van der Waals surface area contributed by atoms with Crippen molar-refractivity contribution in [2.75, 3.05) is 0 Å². The van der Waals surface area contributed by atoms with Gasteiger partial charge in [0.2, 0.25) is 0 Å². The first-order chi connectivity index (χ1) is 5.04. The Labute approximate surface area is 69.5 Å². The predicted molar refractivity (Wildman–Crippen MR) is 52.2 cm³/mol. The van der Waals surface area contributed by atoms with Gasteiger partial charge in [0.25, 0.3) is 0 Å². The first kappa shape index (κ1) is 10.2. The average molecular weight is 151 g/mol. The standard InChI is InChI=1S/C10H17N/c1-6-10(4,11-5)8-7-9(2)3/h7-8H,2,5-6H2,1,3-4H3/b8-7-. The van der Waals surface area contributed by atoms with E-state index in [-0.39, 0.29) is 5.54 Å². The summed E-state index contributed by atoms with van der Waals surface area (Å²) >= 11 is 0. The second-order valence-electron chi connectivity index (χ2n) is 3.05. The molecule has 1 atom stereocenters. The number of allylic oxidation sites excluding steroid dienone is 2. The van der Waals surface area contributed by atoms with Gasteiger partial charge in [-0.1, -0.05) is 31.2 Å². The molecule has 62 valence electrons. The van der Waals surface area contributed by atoms with Crippen molar-refractivity contribution in [1.82, 2.24) is 0 Å². The topological polar surface area (TPSA) is 12.4 Å². The Morgan fingerprint density at radius 2 is 2.18 bits per heavy atom. The molecule has 0 amide bonds. The summed E-state index contributed by atoms with van der Waals surface area (Å²) in [5, 5.41) is 0. The summed E-state index contributed by atoms with van der Waals surface area (Å²) in [5.41, 5.74) is 0.937. The van der Waals surface area contributed by atoms with Gasteiger partial charge in [-0.3, -0.25) is 4.99 Å². The molecule has 0 saturated heterocycles. The molecule has 0 aromatic heterocycles. The molecular formula is C10H17N. The third-order valence-corrected chi connectivity index (χ3v) is 1.80. The summed E-state index contributed by atoms with van der Waals surface area (Å²) in [6, 6.07) is 0. The normalized spacial score (nSPS) is 16.3. The minimum atomic E-state index is -0.112. The van der Waals surface area contributed by atoms with Crippen molar-refractivity contribution in [2.24, 2.45) is 4.99 Å².